The molecule has 0 bridgehead atoms. The maximum absolute atomic E-state index is 6.31. The standard InChI is InChI=1S/C18H24N4O/c1-2-17-21-20-13-22(17)11-10-19-15-12-18(8-5-9-18)23-16-7-4-3-6-14(15)16/h3-4,6-7,13,15,19H,2,5,8-12H2,1H3. The lowest BCUT2D eigenvalue weighted by Crippen LogP contribution is -2.49. The van der Waals surface area contributed by atoms with Gasteiger partial charge in [0.15, 0.2) is 0 Å². The number of ether oxygens (including phenoxy) is 1. The van der Waals surface area contributed by atoms with Gasteiger partial charge >= 0.3 is 0 Å². The minimum absolute atomic E-state index is 0.0805. The Kier molecular flexibility index (Phi) is 3.81. The van der Waals surface area contributed by atoms with Crippen molar-refractivity contribution in [2.24, 2.45) is 0 Å². The van der Waals surface area contributed by atoms with Crippen LogP contribution < -0.4 is 10.1 Å². The van der Waals surface area contributed by atoms with Gasteiger partial charge in [0.1, 0.15) is 23.5 Å². The first kappa shape index (κ1) is 14.7. The maximum atomic E-state index is 6.31. The Labute approximate surface area is 137 Å². The predicted octanol–water partition coefficient (Wildman–Crippen LogP) is 2.88. The first-order chi connectivity index (χ1) is 11.3. The predicted molar refractivity (Wildman–Crippen MR) is 88.4 cm³/mol. The third-order valence-electron chi connectivity index (χ3n) is 5.22. The molecule has 0 radical (unpaired) electrons. The average Bonchev–Trinajstić information content (AvgIpc) is 3.00. The van der Waals surface area contributed by atoms with Crippen molar-refractivity contribution in [2.75, 3.05) is 6.54 Å². The number of fused-ring (bicyclic) bond motifs is 1. The first-order valence-corrected chi connectivity index (χ1v) is 8.68. The molecule has 2 aliphatic rings. The number of para-hydroxylation sites is 1. The molecule has 122 valence electrons. The zero-order chi connectivity index (χ0) is 15.7. The van der Waals surface area contributed by atoms with E-state index in [4.69, 9.17) is 4.74 Å². The lowest BCUT2D eigenvalue weighted by molar-refractivity contribution is -0.0369. The molecule has 1 fully saturated rings. The van der Waals surface area contributed by atoms with E-state index in [1.165, 1.54) is 24.8 Å². The third-order valence-corrected chi connectivity index (χ3v) is 5.22. The molecule has 0 saturated heterocycles. The van der Waals surface area contributed by atoms with Gasteiger partial charge in [-0.25, -0.2) is 0 Å². The normalized spacial score (nSPS) is 21.5. The van der Waals surface area contributed by atoms with E-state index in [1.54, 1.807) is 0 Å². The van der Waals surface area contributed by atoms with Gasteiger partial charge in [0.2, 0.25) is 0 Å². The molecule has 1 aliphatic heterocycles. The zero-order valence-electron chi connectivity index (χ0n) is 13.7. The molecule has 4 rings (SSSR count). The molecule has 1 unspecified atom stereocenters. The van der Waals surface area contributed by atoms with Gasteiger partial charge in [0.25, 0.3) is 0 Å². The fraction of sp³-hybridized carbons (Fsp3) is 0.556. The van der Waals surface area contributed by atoms with E-state index in [2.05, 4.69) is 51.3 Å². The third kappa shape index (κ3) is 2.74. The van der Waals surface area contributed by atoms with Crippen LogP contribution in [0.4, 0.5) is 0 Å². The summed E-state index contributed by atoms with van der Waals surface area (Å²) in [5.41, 5.74) is 1.38. The maximum Gasteiger partial charge on any atom is 0.132 e. The summed E-state index contributed by atoms with van der Waals surface area (Å²) in [6, 6.07) is 8.84. The SMILES string of the molecule is CCc1nncn1CCNC1CC2(CCC2)Oc2ccccc21. The fourth-order valence-electron chi connectivity index (χ4n) is 3.78. The minimum atomic E-state index is 0.0805. The van der Waals surface area contributed by atoms with Crippen molar-refractivity contribution in [1.29, 1.82) is 0 Å². The Morgan fingerprint density at radius 2 is 2.22 bits per heavy atom. The molecule has 2 heterocycles. The van der Waals surface area contributed by atoms with Crippen molar-refractivity contribution in [3.8, 4) is 5.75 Å². The number of hydrogen-bond acceptors (Lipinski definition) is 4. The largest absolute Gasteiger partial charge is 0.487 e. The topological polar surface area (TPSA) is 52.0 Å². The van der Waals surface area contributed by atoms with E-state index in [9.17, 15) is 0 Å². The Bertz CT molecular complexity index is 677. The quantitative estimate of drug-likeness (QED) is 0.922. The van der Waals surface area contributed by atoms with E-state index in [0.717, 1.165) is 37.5 Å². The molecule has 1 aromatic carbocycles. The van der Waals surface area contributed by atoms with E-state index >= 15 is 0 Å². The molecule has 1 spiro atoms. The Morgan fingerprint density at radius 1 is 1.35 bits per heavy atom. The van der Waals surface area contributed by atoms with E-state index in [1.807, 2.05) is 6.33 Å². The molecule has 23 heavy (non-hydrogen) atoms. The molecule has 1 N–H and O–H groups in total. The summed E-state index contributed by atoms with van der Waals surface area (Å²) in [6.07, 6.45) is 7.48. The summed E-state index contributed by atoms with van der Waals surface area (Å²) in [5, 5.41) is 11.9. The summed E-state index contributed by atoms with van der Waals surface area (Å²) in [7, 11) is 0. The molecule has 1 saturated carbocycles. The summed E-state index contributed by atoms with van der Waals surface area (Å²) in [5.74, 6) is 2.11. The van der Waals surface area contributed by atoms with Crippen molar-refractivity contribution >= 4 is 0 Å². The number of nitrogens with one attached hydrogen (secondary N) is 1. The highest BCUT2D eigenvalue weighted by Gasteiger charge is 2.45. The van der Waals surface area contributed by atoms with Gasteiger partial charge in [0.05, 0.1) is 0 Å². The second-order valence-corrected chi connectivity index (χ2v) is 6.68. The first-order valence-electron chi connectivity index (χ1n) is 8.68. The Balaban J connectivity index is 1.45. The second kappa shape index (κ2) is 5.96. The molecule has 5 heteroatoms. The van der Waals surface area contributed by atoms with Crippen LogP contribution in [0.15, 0.2) is 30.6 Å². The number of aryl methyl sites for hydroxylation is 1. The van der Waals surface area contributed by atoms with Crippen molar-refractivity contribution in [3.05, 3.63) is 42.0 Å². The summed E-state index contributed by atoms with van der Waals surface area (Å²) < 4.78 is 8.45. The molecule has 1 atom stereocenters. The van der Waals surface area contributed by atoms with Gasteiger partial charge in [-0.2, -0.15) is 0 Å². The Hall–Kier alpha value is -1.88. The van der Waals surface area contributed by atoms with Gasteiger partial charge in [-0.05, 0) is 25.3 Å². The van der Waals surface area contributed by atoms with Crippen molar-refractivity contribution in [2.45, 2.75) is 57.2 Å². The second-order valence-electron chi connectivity index (χ2n) is 6.68. The molecule has 5 nitrogen and oxygen atoms in total. The highest BCUT2D eigenvalue weighted by atomic mass is 16.5. The van der Waals surface area contributed by atoms with Crippen LogP contribution in [0.5, 0.6) is 5.75 Å². The zero-order valence-corrected chi connectivity index (χ0v) is 13.7. The van der Waals surface area contributed by atoms with E-state index < -0.39 is 0 Å². The van der Waals surface area contributed by atoms with Gasteiger partial charge in [-0.1, -0.05) is 25.1 Å². The highest BCUT2D eigenvalue weighted by molar-refractivity contribution is 5.39. The van der Waals surface area contributed by atoms with Crippen LogP contribution >= 0.6 is 0 Å². The molecular weight excluding hydrogens is 288 g/mol. The number of hydrogen-bond donors (Lipinski definition) is 1. The van der Waals surface area contributed by atoms with Crippen molar-refractivity contribution in [3.63, 3.8) is 0 Å². The van der Waals surface area contributed by atoms with Crippen LogP contribution in [-0.2, 0) is 13.0 Å². The van der Waals surface area contributed by atoms with Crippen LogP contribution in [0.1, 0.15) is 50.0 Å². The molecule has 1 aromatic heterocycles. The fourth-order valence-corrected chi connectivity index (χ4v) is 3.78. The molecular formula is C18H24N4O. The number of benzene rings is 1. The van der Waals surface area contributed by atoms with Crippen LogP contribution in [0.25, 0.3) is 0 Å². The molecule has 1 aliphatic carbocycles. The lowest BCUT2D eigenvalue weighted by atomic mass is 9.73. The molecule has 2 aromatic rings. The number of rotatable bonds is 5. The van der Waals surface area contributed by atoms with Crippen molar-refractivity contribution in [1.82, 2.24) is 20.1 Å². The smallest absolute Gasteiger partial charge is 0.132 e. The van der Waals surface area contributed by atoms with Crippen LogP contribution in [0, 0.1) is 0 Å². The summed E-state index contributed by atoms with van der Waals surface area (Å²) in [6.45, 7) is 3.94. The van der Waals surface area contributed by atoms with E-state index in [0.29, 0.717) is 6.04 Å². The van der Waals surface area contributed by atoms with Gasteiger partial charge in [0, 0.05) is 37.5 Å². The van der Waals surface area contributed by atoms with Crippen LogP contribution in [-0.4, -0.2) is 26.9 Å². The van der Waals surface area contributed by atoms with E-state index in [-0.39, 0.29) is 5.60 Å². The summed E-state index contributed by atoms with van der Waals surface area (Å²) >= 11 is 0. The highest BCUT2D eigenvalue weighted by Crippen LogP contribution is 2.48. The minimum Gasteiger partial charge on any atom is -0.487 e. The van der Waals surface area contributed by atoms with Crippen LogP contribution in [0.2, 0.25) is 0 Å². The van der Waals surface area contributed by atoms with Crippen molar-refractivity contribution < 1.29 is 4.74 Å². The Morgan fingerprint density at radius 3 is 3.00 bits per heavy atom. The van der Waals surface area contributed by atoms with Crippen LogP contribution in [0.3, 0.4) is 0 Å². The van der Waals surface area contributed by atoms with Gasteiger partial charge < -0.3 is 14.6 Å². The van der Waals surface area contributed by atoms with Gasteiger partial charge in [-0.3, -0.25) is 0 Å². The summed E-state index contributed by atoms with van der Waals surface area (Å²) in [4.78, 5) is 0. The lowest BCUT2D eigenvalue weighted by Gasteiger charge is -2.48. The molecule has 0 amide bonds. The monoisotopic (exact) mass is 312 g/mol. The number of aromatic nitrogens is 3. The number of nitrogens with zero attached hydrogens (tertiary/aromatic N) is 3. The van der Waals surface area contributed by atoms with Gasteiger partial charge in [-0.15, -0.1) is 10.2 Å². The average molecular weight is 312 g/mol.